The third-order valence-electron chi connectivity index (χ3n) is 6.61. The van der Waals surface area contributed by atoms with Gasteiger partial charge in [0.2, 0.25) is 5.91 Å². The van der Waals surface area contributed by atoms with Gasteiger partial charge in [0.1, 0.15) is 6.17 Å². The SMILES string of the molecule is O=C1C=C(C2CCNCC2)N2NCC(c3cccc(-c4ccc(C(F)(F)F)cc4)c3)C2N1. The molecule has 0 aromatic heterocycles. The Hall–Kier alpha value is -2.84. The van der Waals surface area contributed by atoms with E-state index in [0.29, 0.717) is 12.5 Å². The third-order valence-corrected chi connectivity index (χ3v) is 6.61. The quantitative estimate of drug-likeness (QED) is 0.680. The van der Waals surface area contributed by atoms with Crippen LogP contribution < -0.4 is 16.1 Å². The maximum absolute atomic E-state index is 12.9. The molecule has 3 aliphatic heterocycles. The zero-order chi connectivity index (χ0) is 22.3. The molecule has 0 radical (unpaired) electrons. The van der Waals surface area contributed by atoms with E-state index in [1.165, 1.54) is 12.1 Å². The standard InChI is InChI=1S/C24H25F3N4O/c25-24(26,27)19-6-4-15(5-7-19)17-2-1-3-18(12-17)20-14-29-31-21(13-22(32)30-23(20)31)16-8-10-28-11-9-16/h1-7,12-13,16,20,23,28-29H,8-11,14H2,(H,30,32). The maximum atomic E-state index is 12.9. The van der Waals surface area contributed by atoms with Crippen LogP contribution in [-0.4, -0.2) is 36.7 Å². The predicted octanol–water partition coefficient (Wildman–Crippen LogP) is 3.62. The number of nitrogens with one attached hydrogen (secondary N) is 3. The topological polar surface area (TPSA) is 56.4 Å². The zero-order valence-electron chi connectivity index (χ0n) is 17.5. The van der Waals surface area contributed by atoms with Crippen molar-refractivity contribution >= 4 is 5.91 Å². The van der Waals surface area contributed by atoms with Crippen LogP contribution in [0.15, 0.2) is 60.3 Å². The van der Waals surface area contributed by atoms with Crippen LogP contribution in [-0.2, 0) is 11.0 Å². The first-order valence-electron chi connectivity index (χ1n) is 10.9. The Morgan fingerprint density at radius 1 is 0.969 bits per heavy atom. The molecule has 2 aromatic rings. The number of piperidine rings is 1. The van der Waals surface area contributed by atoms with E-state index in [2.05, 4.69) is 21.1 Å². The number of hydrogen-bond donors (Lipinski definition) is 3. The van der Waals surface area contributed by atoms with E-state index >= 15 is 0 Å². The first-order valence-corrected chi connectivity index (χ1v) is 10.9. The van der Waals surface area contributed by atoms with Gasteiger partial charge in [-0.15, -0.1) is 0 Å². The van der Waals surface area contributed by atoms with Crippen molar-refractivity contribution in [2.24, 2.45) is 5.92 Å². The normalized spacial score (nSPS) is 24.2. The average Bonchev–Trinajstić information content (AvgIpc) is 3.22. The zero-order valence-corrected chi connectivity index (χ0v) is 17.5. The summed E-state index contributed by atoms with van der Waals surface area (Å²) in [5.41, 5.74) is 6.47. The summed E-state index contributed by atoms with van der Waals surface area (Å²) in [6, 6.07) is 13.1. The molecule has 0 spiro atoms. The van der Waals surface area contributed by atoms with Crippen molar-refractivity contribution in [3.8, 4) is 11.1 Å². The number of alkyl halides is 3. The van der Waals surface area contributed by atoms with Crippen molar-refractivity contribution in [3.05, 3.63) is 71.4 Å². The van der Waals surface area contributed by atoms with E-state index < -0.39 is 11.7 Å². The van der Waals surface area contributed by atoms with Gasteiger partial charge < -0.3 is 10.6 Å². The number of carbonyl (C=O) groups is 1. The molecule has 2 atom stereocenters. The van der Waals surface area contributed by atoms with Gasteiger partial charge in [-0.2, -0.15) is 13.2 Å². The summed E-state index contributed by atoms with van der Waals surface area (Å²) in [6.45, 7) is 2.56. The van der Waals surface area contributed by atoms with Crippen LogP contribution in [0, 0.1) is 5.92 Å². The average molecular weight is 442 g/mol. The summed E-state index contributed by atoms with van der Waals surface area (Å²) < 4.78 is 38.7. The van der Waals surface area contributed by atoms with Crippen LogP contribution in [0.1, 0.15) is 29.9 Å². The first kappa shape index (κ1) is 21.0. The maximum Gasteiger partial charge on any atom is 0.416 e. The van der Waals surface area contributed by atoms with Crippen LogP contribution in [0.3, 0.4) is 0 Å². The van der Waals surface area contributed by atoms with Gasteiger partial charge in [0.25, 0.3) is 0 Å². The monoisotopic (exact) mass is 442 g/mol. The van der Waals surface area contributed by atoms with Gasteiger partial charge in [0.05, 0.1) is 5.56 Å². The molecule has 5 rings (SSSR count). The van der Waals surface area contributed by atoms with E-state index in [1.807, 2.05) is 24.3 Å². The van der Waals surface area contributed by atoms with E-state index in [4.69, 9.17) is 0 Å². The number of fused-ring (bicyclic) bond motifs is 1. The molecule has 2 fully saturated rings. The molecule has 5 nitrogen and oxygen atoms in total. The van der Waals surface area contributed by atoms with Gasteiger partial charge in [-0.1, -0.05) is 36.4 Å². The Balaban J connectivity index is 1.39. The molecule has 1 amide bonds. The molecule has 2 aromatic carbocycles. The van der Waals surface area contributed by atoms with Gasteiger partial charge >= 0.3 is 6.18 Å². The summed E-state index contributed by atoms with van der Waals surface area (Å²) in [5.74, 6) is 0.292. The van der Waals surface area contributed by atoms with Crippen molar-refractivity contribution in [3.63, 3.8) is 0 Å². The minimum atomic E-state index is -4.35. The highest BCUT2D eigenvalue weighted by molar-refractivity contribution is 5.89. The van der Waals surface area contributed by atoms with Crippen LogP contribution in [0.4, 0.5) is 13.2 Å². The number of nitrogens with zero attached hydrogens (tertiary/aromatic N) is 1. The first-order chi connectivity index (χ1) is 15.4. The van der Waals surface area contributed by atoms with E-state index in [0.717, 1.165) is 60.5 Å². The molecule has 2 saturated heterocycles. The summed E-state index contributed by atoms with van der Waals surface area (Å²) in [5, 5.41) is 8.55. The lowest BCUT2D eigenvalue weighted by Crippen LogP contribution is -2.53. The molecule has 0 bridgehead atoms. The third kappa shape index (κ3) is 4.00. The lowest BCUT2D eigenvalue weighted by molar-refractivity contribution is -0.137. The fraction of sp³-hybridized carbons (Fsp3) is 0.375. The molecule has 0 aliphatic carbocycles. The fourth-order valence-corrected chi connectivity index (χ4v) is 4.93. The molecular formula is C24H25F3N4O. The van der Waals surface area contributed by atoms with Gasteiger partial charge in [-0.05, 0) is 54.8 Å². The molecule has 32 heavy (non-hydrogen) atoms. The largest absolute Gasteiger partial charge is 0.416 e. The lowest BCUT2D eigenvalue weighted by Gasteiger charge is -2.39. The highest BCUT2D eigenvalue weighted by Gasteiger charge is 2.42. The number of carbonyl (C=O) groups excluding carboxylic acids is 1. The van der Waals surface area contributed by atoms with Crippen LogP contribution >= 0.6 is 0 Å². The van der Waals surface area contributed by atoms with E-state index in [-0.39, 0.29) is 18.0 Å². The van der Waals surface area contributed by atoms with Gasteiger partial charge in [-0.3, -0.25) is 9.80 Å². The molecule has 8 heteroatoms. The Morgan fingerprint density at radius 2 is 1.72 bits per heavy atom. The van der Waals surface area contributed by atoms with Gasteiger partial charge in [0, 0.05) is 30.2 Å². The van der Waals surface area contributed by atoms with Crippen LogP contribution in [0.25, 0.3) is 11.1 Å². The molecule has 3 aliphatic rings. The second-order valence-electron chi connectivity index (χ2n) is 8.59. The van der Waals surface area contributed by atoms with Crippen molar-refractivity contribution in [1.29, 1.82) is 0 Å². The van der Waals surface area contributed by atoms with E-state index in [9.17, 15) is 18.0 Å². The van der Waals surface area contributed by atoms with Crippen molar-refractivity contribution in [1.82, 2.24) is 21.1 Å². The number of halogens is 3. The highest BCUT2D eigenvalue weighted by Crippen LogP contribution is 2.36. The van der Waals surface area contributed by atoms with Crippen molar-refractivity contribution in [2.75, 3.05) is 19.6 Å². The van der Waals surface area contributed by atoms with Crippen molar-refractivity contribution in [2.45, 2.75) is 31.1 Å². The number of amides is 1. The Kier molecular flexibility index (Phi) is 5.43. The number of hydrogen-bond acceptors (Lipinski definition) is 4. The number of allylic oxidation sites excluding steroid dienone is 1. The molecule has 3 N–H and O–H groups in total. The van der Waals surface area contributed by atoms with Crippen LogP contribution in [0.2, 0.25) is 0 Å². The number of rotatable bonds is 3. The van der Waals surface area contributed by atoms with Crippen LogP contribution in [0.5, 0.6) is 0 Å². The van der Waals surface area contributed by atoms with Gasteiger partial charge in [0.15, 0.2) is 0 Å². The summed E-state index contributed by atoms with van der Waals surface area (Å²) in [4.78, 5) is 12.5. The Morgan fingerprint density at radius 3 is 2.44 bits per heavy atom. The molecule has 0 saturated carbocycles. The molecular weight excluding hydrogens is 417 g/mol. The minimum Gasteiger partial charge on any atom is -0.330 e. The second kappa shape index (κ2) is 8.26. The fourth-order valence-electron chi connectivity index (χ4n) is 4.93. The molecule has 168 valence electrons. The Labute approximate surface area is 184 Å². The minimum absolute atomic E-state index is 0.0266. The highest BCUT2D eigenvalue weighted by atomic mass is 19.4. The van der Waals surface area contributed by atoms with Gasteiger partial charge in [-0.25, -0.2) is 5.43 Å². The summed E-state index contributed by atoms with van der Waals surface area (Å²) in [6.07, 6.45) is -0.838. The summed E-state index contributed by atoms with van der Waals surface area (Å²) in [7, 11) is 0. The lowest BCUT2D eigenvalue weighted by atomic mass is 9.90. The molecule has 2 unspecified atom stereocenters. The smallest absolute Gasteiger partial charge is 0.330 e. The van der Waals surface area contributed by atoms with E-state index in [1.54, 1.807) is 6.08 Å². The number of benzene rings is 2. The predicted molar refractivity (Wildman–Crippen MR) is 115 cm³/mol. The molecule has 3 heterocycles. The Bertz CT molecular complexity index is 1030. The second-order valence-corrected chi connectivity index (χ2v) is 8.59. The van der Waals surface area contributed by atoms with Crippen molar-refractivity contribution < 1.29 is 18.0 Å². The number of hydrazine groups is 1. The summed E-state index contributed by atoms with van der Waals surface area (Å²) >= 11 is 0.